The molecular weight excluding hydrogens is 108 g/mol. The van der Waals surface area contributed by atoms with Gasteiger partial charge in [-0.1, -0.05) is 6.58 Å². The van der Waals surface area contributed by atoms with Gasteiger partial charge >= 0.3 is 6.16 Å². The first-order valence-electron chi connectivity index (χ1n) is 1.97. The first-order chi connectivity index (χ1) is 3.77. The Morgan fingerprint density at radius 2 is 2.62 bits per heavy atom. The van der Waals surface area contributed by atoms with Gasteiger partial charge in [0.25, 0.3) is 0 Å². The molecule has 0 unspecified atom stereocenters. The molecule has 0 aliphatic heterocycles. The van der Waals surface area contributed by atoms with Crippen LogP contribution in [-0.4, -0.2) is 17.9 Å². The van der Waals surface area contributed by atoms with Crippen LogP contribution in [0.1, 0.15) is 0 Å². The molecule has 3 heteroatoms. The summed E-state index contributed by atoms with van der Waals surface area (Å²) in [6.07, 6.45) is 0.102. The van der Waals surface area contributed by atoms with Crippen LogP contribution in [0.3, 0.4) is 0 Å². The molecule has 0 fully saturated rings. The van der Waals surface area contributed by atoms with Gasteiger partial charge in [0, 0.05) is 0 Å². The van der Waals surface area contributed by atoms with Gasteiger partial charge in [-0.2, -0.15) is 0 Å². The highest BCUT2D eigenvalue weighted by molar-refractivity contribution is 5.56. The van der Waals surface area contributed by atoms with E-state index in [1.165, 1.54) is 6.08 Å². The van der Waals surface area contributed by atoms with Crippen molar-refractivity contribution in [1.29, 1.82) is 0 Å². The van der Waals surface area contributed by atoms with Crippen LogP contribution in [0.25, 0.3) is 0 Å². The molecule has 0 aliphatic rings. The third kappa shape index (κ3) is 4.79. The number of hydrogen-bond acceptors (Lipinski definition) is 2. The summed E-state index contributed by atoms with van der Waals surface area (Å²) in [4.78, 5) is 9.58. The Balaban J connectivity index is 3.18. The third-order valence-corrected chi connectivity index (χ3v) is 0.434. The summed E-state index contributed by atoms with van der Waals surface area (Å²) in [5, 5.41) is 7.85. The zero-order valence-electron chi connectivity index (χ0n) is 4.26. The summed E-state index contributed by atoms with van der Waals surface area (Å²) in [5.41, 5.74) is 2.36. The van der Waals surface area contributed by atoms with Gasteiger partial charge in [-0.05, 0) is 6.08 Å². The predicted octanol–water partition coefficient (Wildman–Crippen LogP) is 1.02. The summed E-state index contributed by atoms with van der Waals surface area (Å²) in [6.45, 7) is 3.23. The molecule has 0 spiro atoms. The minimum atomic E-state index is -1.28. The fourth-order valence-electron chi connectivity index (χ4n) is 0.172. The molecule has 1 N–H and O–H groups in total. The molecule has 0 aromatic carbocycles. The topological polar surface area (TPSA) is 46.5 Å². The van der Waals surface area contributed by atoms with E-state index in [4.69, 9.17) is 5.11 Å². The lowest BCUT2D eigenvalue weighted by Crippen LogP contribution is -1.98. The maximum atomic E-state index is 9.58. The minimum absolute atomic E-state index is 0.0266. The van der Waals surface area contributed by atoms with Crippen molar-refractivity contribution in [1.82, 2.24) is 0 Å². The molecule has 44 valence electrons. The standard InChI is InChI=1S/C5H6O3/c1-2-3-4-8-5(6)7/h3H,1,4H2,(H,6,7). The monoisotopic (exact) mass is 114 g/mol. The van der Waals surface area contributed by atoms with Gasteiger partial charge in [0.15, 0.2) is 0 Å². The van der Waals surface area contributed by atoms with Crippen molar-refractivity contribution in [2.75, 3.05) is 6.61 Å². The zero-order chi connectivity index (χ0) is 6.41. The second kappa shape index (κ2) is 3.96. The smallest absolute Gasteiger partial charge is 0.450 e. The van der Waals surface area contributed by atoms with Gasteiger partial charge in [0.05, 0.1) is 0 Å². The lowest BCUT2D eigenvalue weighted by molar-refractivity contribution is 0.102. The van der Waals surface area contributed by atoms with E-state index in [9.17, 15) is 4.79 Å². The predicted molar refractivity (Wildman–Crippen MR) is 27.7 cm³/mol. The van der Waals surface area contributed by atoms with Crippen LogP contribution in [0, 0.1) is 0 Å². The summed E-state index contributed by atoms with van der Waals surface area (Å²) < 4.78 is 4.04. The van der Waals surface area contributed by atoms with Crippen molar-refractivity contribution in [3.05, 3.63) is 18.4 Å². The number of hydrogen-bond donors (Lipinski definition) is 1. The van der Waals surface area contributed by atoms with Gasteiger partial charge < -0.3 is 9.84 Å². The Morgan fingerprint density at radius 3 is 3.00 bits per heavy atom. The Morgan fingerprint density at radius 1 is 2.00 bits per heavy atom. The van der Waals surface area contributed by atoms with Crippen molar-refractivity contribution >= 4 is 6.16 Å². The van der Waals surface area contributed by atoms with Gasteiger partial charge in [-0.25, -0.2) is 4.79 Å². The molecule has 0 bridgehead atoms. The second-order valence-electron chi connectivity index (χ2n) is 0.985. The van der Waals surface area contributed by atoms with Crippen LogP contribution in [0.5, 0.6) is 0 Å². The lowest BCUT2D eigenvalue weighted by atomic mass is 10.6. The second-order valence-corrected chi connectivity index (χ2v) is 0.985. The van der Waals surface area contributed by atoms with Crippen LogP contribution >= 0.6 is 0 Å². The maximum absolute atomic E-state index is 9.58. The number of carboxylic acid groups (broad SMARTS) is 1. The molecule has 0 rings (SSSR count). The molecular formula is C5H6O3. The maximum Gasteiger partial charge on any atom is 0.506 e. The fraction of sp³-hybridized carbons (Fsp3) is 0.200. The van der Waals surface area contributed by atoms with E-state index in [0.717, 1.165) is 0 Å². The van der Waals surface area contributed by atoms with Gasteiger partial charge in [-0.3, -0.25) is 0 Å². The average molecular weight is 114 g/mol. The summed E-state index contributed by atoms with van der Waals surface area (Å²) in [6, 6.07) is 0. The molecule has 8 heavy (non-hydrogen) atoms. The average Bonchev–Trinajstić information content (AvgIpc) is 1.66. The van der Waals surface area contributed by atoms with Gasteiger partial charge in [-0.15, -0.1) is 5.73 Å². The quantitative estimate of drug-likeness (QED) is 0.430. The van der Waals surface area contributed by atoms with E-state index >= 15 is 0 Å². The van der Waals surface area contributed by atoms with Gasteiger partial charge in [0.2, 0.25) is 0 Å². The molecule has 0 saturated heterocycles. The molecule has 3 nitrogen and oxygen atoms in total. The summed E-state index contributed by atoms with van der Waals surface area (Å²) >= 11 is 0. The van der Waals surface area contributed by atoms with Gasteiger partial charge in [0.1, 0.15) is 6.61 Å². The molecule has 0 amide bonds. The lowest BCUT2D eigenvalue weighted by Gasteiger charge is -1.88. The molecule has 0 heterocycles. The van der Waals surface area contributed by atoms with E-state index in [-0.39, 0.29) is 6.61 Å². The molecule has 0 aromatic heterocycles. The van der Waals surface area contributed by atoms with Crippen molar-refractivity contribution in [2.45, 2.75) is 0 Å². The number of carbonyl (C=O) groups is 1. The van der Waals surface area contributed by atoms with Crippen LogP contribution in [0.2, 0.25) is 0 Å². The van der Waals surface area contributed by atoms with E-state index in [2.05, 4.69) is 17.0 Å². The molecule has 0 aromatic rings. The third-order valence-electron chi connectivity index (χ3n) is 0.434. The van der Waals surface area contributed by atoms with Crippen LogP contribution in [0.4, 0.5) is 4.79 Å². The summed E-state index contributed by atoms with van der Waals surface area (Å²) in [5.74, 6) is 0. The largest absolute Gasteiger partial charge is 0.506 e. The van der Waals surface area contributed by atoms with Crippen LogP contribution < -0.4 is 0 Å². The number of ether oxygens (including phenoxy) is 1. The highest BCUT2D eigenvalue weighted by Crippen LogP contribution is 1.74. The highest BCUT2D eigenvalue weighted by Gasteiger charge is 1.88. The van der Waals surface area contributed by atoms with Crippen LogP contribution in [-0.2, 0) is 4.74 Å². The van der Waals surface area contributed by atoms with Crippen molar-refractivity contribution < 1.29 is 14.6 Å². The molecule has 0 radical (unpaired) electrons. The molecule has 0 saturated carbocycles. The van der Waals surface area contributed by atoms with Crippen molar-refractivity contribution in [3.8, 4) is 0 Å². The Kier molecular flexibility index (Phi) is 3.36. The Labute approximate surface area is 46.9 Å². The van der Waals surface area contributed by atoms with E-state index in [0.29, 0.717) is 0 Å². The Bertz CT molecular complexity index is 120. The highest BCUT2D eigenvalue weighted by atomic mass is 16.7. The molecule has 0 aliphatic carbocycles. The first kappa shape index (κ1) is 6.79. The Hall–Kier alpha value is -1.21. The van der Waals surface area contributed by atoms with Crippen molar-refractivity contribution in [3.63, 3.8) is 0 Å². The fourth-order valence-corrected chi connectivity index (χ4v) is 0.172. The minimum Gasteiger partial charge on any atom is -0.450 e. The SMILES string of the molecule is C=C=CCOC(=O)O. The summed E-state index contributed by atoms with van der Waals surface area (Å²) in [7, 11) is 0. The molecule has 0 atom stereocenters. The first-order valence-corrected chi connectivity index (χ1v) is 1.97. The van der Waals surface area contributed by atoms with Crippen molar-refractivity contribution in [2.24, 2.45) is 0 Å². The van der Waals surface area contributed by atoms with E-state index < -0.39 is 6.16 Å². The zero-order valence-corrected chi connectivity index (χ0v) is 4.26. The number of rotatable bonds is 2. The van der Waals surface area contributed by atoms with Crippen LogP contribution in [0.15, 0.2) is 18.4 Å². The normalized spacial score (nSPS) is 7.00. The van der Waals surface area contributed by atoms with E-state index in [1.807, 2.05) is 0 Å². The van der Waals surface area contributed by atoms with E-state index in [1.54, 1.807) is 0 Å².